The van der Waals surface area contributed by atoms with Crippen LogP contribution in [-0.2, 0) is 22.7 Å². The Morgan fingerprint density at radius 2 is 1.88 bits per heavy atom. The molecule has 0 spiro atoms. The van der Waals surface area contributed by atoms with E-state index in [1.165, 1.54) is 18.2 Å². The van der Waals surface area contributed by atoms with Crippen LogP contribution in [0, 0.1) is 6.92 Å². The van der Waals surface area contributed by atoms with E-state index >= 15 is 0 Å². The number of rotatable bonds is 6. The van der Waals surface area contributed by atoms with Crippen LogP contribution in [0.5, 0.6) is 0 Å². The quantitative estimate of drug-likeness (QED) is 0.562. The van der Waals surface area contributed by atoms with Gasteiger partial charge in [0.25, 0.3) is 6.43 Å². The summed E-state index contributed by atoms with van der Waals surface area (Å²) in [5, 5.41) is 11.4. The van der Waals surface area contributed by atoms with E-state index < -0.39 is 16.3 Å². The summed E-state index contributed by atoms with van der Waals surface area (Å²) in [5.41, 5.74) is 2.96. The molecule has 0 aliphatic carbocycles. The van der Waals surface area contributed by atoms with Crippen molar-refractivity contribution in [1.29, 1.82) is 0 Å². The Kier molecular flexibility index (Phi) is 5.91. The fourth-order valence-corrected chi connectivity index (χ4v) is 4.42. The molecule has 32 heavy (non-hydrogen) atoms. The predicted molar refractivity (Wildman–Crippen MR) is 118 cm³/mol. The molecule has 0 atom stereocenters. The smallest absolute Gasteiger partial charge is 0.277 e. The molecule has 1 N–H and O–H groups in total. The number of aryl methyl sites for hydroxylation is 1. The molecule has 0 saturated heterocycles. The fourth-order valence-electron chi connectivity index (χ4n) is 3.32. The summed E-state index contributed by atoms with van der Waals surface area (Å²) in [5.74, 6) is 0. The van der Waals surface area contributed by atoms with E-state index in [-0.39, 0.29) is 33.4 Å². The molecule has 2 aromatic heterocycles. The maximum atomic E-state index is 13.3. The molecule has 1 aromatic carbocycles. The molecule has 0 unspecified atom stereocenters. The van der Waals surface area contributed by atoms with Gasteiger partial charge in [-0.1, -0.05) is 11.6 Å². The number of fused-ring (bicyclic) bond motifs is 1. The van der Waals surface area contributed by atoms with Crippen LogP contribution >= 0.6 is 11.6 Å². The first-order valence-corrected chi connectivity index (χ1v) is 11.8. The first-order chi connectivity index (χ1) is 15.1. The molecular weight excluding hydrogens is 460 g/mol. The number of anilines is 2. The van der Waals surface area contributed by atoms with Crippen molar-refractivity contribution in [1.82, 2.24) is 15.2 Å². The standard InChI is InChI=1S/C21H18ClF2N5O2S/c1-11-3-5-13(29-28-11)8-14-9-16(20-17(25-14)10-18(27-20)21(23)24)26-15-6-4-12(22)7-19(15)32(2,30)31/h3-7,9,21H,8,10H2,1-2H3,(H,25,26). The number of alkyl halides is 2. The zero-order chi connectivity index (χ0) is 23.0. The van der Waals surface area contributed by atoms with Crippen LogP contribution in [0.2, 0.25) is 5.02 Å². The molecule has 7 nitrogen and oxygen atoms in total. The maximum Gasteiger partial charge on any atom is 0.277 e. The van der Waals surface area contributed by atoms with Gasteiger partial charge in [-0.3, -0.25) is 4.98 Å². The molecule has 1 aliphatic heterocycles. The molecule has 0 saturated carbocycles. The van der Waals surface area contributed by atoms with E-state index in [4.69, 9.17) is 11.6 Å². The number of aromatic nitrogens is 3. The second-order valence-electron chi connectivity index (χ2n) is 7.42. The lowest BCUT2D eigenvalue weighted by molar-refractivity contribution is 0.224. The molecule has 0 bridgehead atoms. The van der Waals surface area contributed by atoms with Gasteiger partial charge in [0.15, 0.2) is 9.84 Å². The normalized spacial score (nSPS) is 13.2. The number of sulfone groups is 1. The van der Waals surface area contributed by atoms with Crippen LogP contribution in [0.4, 0.5) is 25.8 Å². The number of aliphatic imine (C=N–C) groups is 1. The lowest BCUT2D eigenvalue weighted by Crippen LogP contribution is -2.10. The lowest BCUT2D eigenvalue weighted by atomic mass is 10.1. The zero-order valence-electron chi connectivity index (χ0n) is 17.1. The van der Waals surface area contributed by atoms with Crippen molar-refractivity contribution < 1.29 is 17.2 Å². The minimum atomic E-state index is -3.61. The Bertz CT molecular complexity index is 1330. The molecule has 11 heteroatoms. The first-order valence-electron chi connectivity index (χ1n) is 9.54. The summed E-state index contributed by atoms with van der Waals surface area (Å²) in [6, 6.07) is 9.67. The van der Waals surface area contributed by atoms with Crippen molar-refractivity contribution in [3.63, 3.8) is 0 Å². The highest BCUT2D eigenvalue weighted by Crippen LogP contribution is 2.39. The van der Waals surface area contributed by atoms with Crippen LogP contribution in [0.3, 0.4) is 0 Å². The van der Waals surface area contributed by atoms with Crippen molar-refractivity contribution in [3.05, 3.63) is 64.2 Å². The van der Waals surface area contributed by atoms with Crippen molar-refractivity contribution in [2.75, 3.05) is 11.6 Å². The van der Waals surface area contributed by atoms with Gasteiger partial charge in [0, 0.05) is 29.8 Å². The Hall–Kier alpha value is -2.98. The lowest BCUT2D eigenvalue weighted by Gasteiger charge is -2.15. The van der Waals surface area contributed by atoms with Gasteiger partial charge >= 0.3 is 0 Å². The van der Waals surface area contributed by atoms with E-state index in [1.807, 2.05) is 19.1 Å². The highest BCUT2D eigenvalue weighted by molar-refractivity contribution is 7.90. The van der Waals surface area contributed by atoms with E-state index in [0.29, 0.717) is 29.2 Å². The van der Waals surface area contributed by atoms with Crippen molar-refractivity contribution in [2.45, 2.75) is 31.1 Å². The van der Waals surface area contributed by atoms with Gasteiger partial charge in [0.05, 0.1) is 39.1 Å². The first kappa shape index (κ1) is 22.2. The minimum Gasteiger partial charge on any atom is -0.353 e. The number of benzene rings is 1. The third kappa shape index (κ3) is 4.76. The average Bonchev–Trinajstić information content (AvgIpc) is 3.15. The molecule has 1 aliphatic rings. The highest BCUT2D eigenvalue weighted by Gasteiger charge is 2.27. The van der Waals surface area contributed by atoms with E-state index in [2.05, 4.69) is 25.5 Å². The molecule has 0 amide bonds. The van der Waals surface area contributed by atoms with Crippen LogP contribution in [-0.4, -0.2) is 42.0 Å². The van der Waals surface area contributed by atoms with Gasteiger partial charge in [0.2, 0.25) is 0 Å². The molecular formula is C21H18ClF2N5O2S. The summed E-state index contributed by atoms with van der Waals surface area (Å²) in [6.45, 7) is 1.82. The number of pyridine rings is 1. The topological polar surface area (TPSA) is 97.2 Å². The van der Waals surface area contributed by atoms with Gasteiger partial charge in [0.1, 0.15) is 5.69 Å². The summed E-state index contributed by atoms with van der Waals surface area (Å²) in [4.78, 5) is 8.53. The summed E-state index contributed by atoms with van der Waals surface area (Å²) >= 11 is 5.98. The Balaban J connectivity index is 1.78. The molecule has 3 heterocycles. The summed E-state index contributed by atoms with van der Waals surface area (Å²) < 4.78 is 51.2. The van der Waals surface area contributed by atoms with Crippen LogP contribution in [0.1, 0.15) is 22.8 Å². The van der Waals surface area contributed by atoms with Crippen LogP contribution < -0.4 is 5.32 Å². The number of halogens is 3. The molecule has 166 valence electrons. The molecule has 4 rings (SSSR count). The third-order valence-corrected chi connectivity index (χ3v) is 6.17. The predicted octanol–water partition coefficient (Wildman–Crippen LogP) is 4.47. The second kappa shape index (κ2) is 8.51. The molecule has 0 fully saturated rings. The third-order valence-electron chi connectivity index (χ3n) is 4.80. The van der Waals surface area contributed by atoms with Crippen molar-refractivity contribution in [2.24, 2.45) is 4.99 Å². The maximum absolute atomic E-state index is 13.3. The fraction of sp³-hybridized carbons (Fsp3) is 0.238. The zero-order valence-corrected chi connectivity index (χ0v) is 18.7. The van der Waals surface area contributed by atoms with Gasteiger partial charge in [-0.15, -0.1) is 0 Å². The number of nitrogens with zero attached hydrogens (tertiary/aromatic N) is 4. The largest absolute Gasteiger partial charge is 0.353 e. The van der Waals surface area contributed by atoms with Gasteiger partial charge in [-0.2, -0.15) is 10.2 Å². The molecule has 0 radical (unpaired) electrons. The van der Waals surface area contributed by atoms with Crippen molar-refractivity contribution in [3.8, 4) is 0 Å². The number of hydrogen-bond acceptors (Lipinski definition) is 7. The van der Waals surface area contributed by atoms with Gasteiger partial charge in [-0.25, -0.2) is 22.2 Å². The van der Waals surface area contributed by atoms with Crippen LogP contribution in [0.25, 0.3) is 0 Å². The second-order valence-corrected chi connectivity index (χ2v) is 9.84. The monoisotopic (exact) mass is 477 g/mol. The van der Waals surface area contributed by atoms with Crippen molar-refractivity contribution >= 4 is 44.2 Å². The summed E-state index contributed by atoms with van der Waals surface area (Å²) in [7, 11) is -3.61. The van der Waals surface area contributed by atoms with E-state index in [9.17, 15) is 17.2 Å². The number of nitrogens with one attached hydrogen (secondary N) is 1. The summed E-state index contributed by atoms with van der Waals surface area (Å²) in [6.07, 6.45) is -1.42. The van der Waals surface area contributed by atoms with E-state index in [0.717, 1.165) is 11.9 Å². The van der Waals surface area contributed by atoms with Crippen LogP contribution in [0.15, 0.2) is 46.3 Å². The average molecular weight is 478 g/mol. The van der Waals surface area contributed by atoms with Gasteiger partial charge in [-0.05, 0) is 43.3 Å². The Morgan fingerprint density at radius 1 is 1.09 bits per heavy atom. The minimum absolute atomic E-state index is 0.0161. The van der Waals surface area contributed by atoms with E-state index in [1.54, 1.807) is 6.07 Å². The highest BCUT2D eigenvalue weighted by atomic mass is 35.5. The Morgan fingerprint density at radius 3 is 2.53 bits per heavy atom. The SMILES string of the molecule is Cc1ccc(Cc2cc(Nc3ccc(Cl)cc3S(C)(=O)=O)c3c(n2)CC(C(F)F)=N3)nn1. The Labute approximate surface area is 188 Å². The molecule has 3 aromatic rings. The van der Waals surface area contributed by atoms with Gasteiger partial charge < -0.3 is 5.32 Å². The number of hydrogen-bond donors (Lipinski definition) is 1.